The zero-order chi connectivity index (χ0) is 20.0. The number of halogens is 4. The highest BCUT2D eigenvalue weighted by molar-refractivity contribution is 6.33. The van der Waals surface area contributed by atoms with Crippen LogP contribution in [0.15, 0.2) is 49.1 Å². The van der Waals surface area contributed by atoms with Gasteiger partial charge in [-0.15, -0.1) is 0 Å². The lowest BCUT2D eigenvalue weighted by molar-refractivity contribution is -0.137. The maximum Gasteiger partial charge on any atom is 0.417 e. The van der Waals surface area contributed by atoms with E-state index in [0.29, 0.717) is 34.9 Å². The summed E-state index contributed by atoms with van der Waals surface area (Å²) in [6, 6.07) is 1.64. The van der Waals surface area contributed by atoms with E-state index in [4.69, 9.17) is 16.3 Å². The van der Waals surface area contributed by atoms with Gasteiger partial charge in [-0.1, -0.05) is 31.2 Å². The van der Waals surface area contributed by atoms with Gasteiger partial charge in [-0.25, -0.2) is 15.0 Å². The lowest BCUT2D eigenvalue weighted by atomic mass is 10.2. The molecule has 1 atom stereocenters. The van der Waals surface area contributed by atoms with Gasteiger partial charge in [0.1, 0.15) is 22.9 Å². The largest absolute Gasteiger partial charge is 0.441 e. The van der Waals surface area contributed by atoms with E-state index in [0.717, 1.165) is 12.1 Å². The van der Waals surface area contributed by atoms with Gasteiger partial charge in [-0.2, -0.15) is 13.2 Å². The van der Waals surface area contributed by atoms with E-state index in [2.05, 4.69) is 26.8 Å². The van der Waals surface area contributed by atoms with Crippen LogP contribution in [-0.2, 0) is 12.6 Å². The molecule has 2 aromatic rings. The van der Waals surface area contributed by atoms with Gasteiger partial charge in [-0.3, -0.25) is 0 Å². The van der Waals surface area contributed by atoms with Crippen molar-refractivity contribution in [3.05, 3.63) is 65.4 Å². The van der Waals surface area contributed by atoms with Crippen LogP contribution in [0.3, 0.4) is 0 Å². The quantitative estimate of drug-likeness (QED) is 0.522. The molecule has 0 aromatic carbocycles. The number of aryl methyl sites for hydroxylation is 1. The van der Waals surface area contributed by atoms with E-state index in [1.807, 2.05) is 6.92 Å². The molecule has 2 heterocycles. The number of hydrogen-bond acceptors (Lipinski definition) is 5. The second-order valence-corrected chi connectivity index (χ2v) is 5.87. The van der Waals surface area contributed by atoms with E-state index in [9.17, 15) is 13.2 Å². The molecule has 2 rings (SSSR count). The molecule has 0 radical (unpaired) electrons. The van der Waals surface area contributed by atoms with Crippen molar-refractivity contribution in [2.75, 3.05) is 5.32 Å². The third kappa shape index (κ3) is 5.43. The number of nitrogens with one attached hydrogen (secondary N) is 1. The number of nitrogens with zero attached hydrogens (tertiary/aromatic N) is 3. The minimum Gasteiger partial charge on any atom is -0.441 e. The molecule has 0 saturated carbocycles. The SMILES string of the molecule is C=C/C=C(/Oc1ccc(C(F)(F)F)cn1)C(C)Nc1ncnc(CC)c1Cl. The third-order valence-corrected chi connectivity index (χ3v) is 3.94. The van der Waals surface area contributed by atoms with Gasteiger partial charge in [0.2, 0.25) is 5.88 Å². The van der Waals surface area contributed by atoms with Crippen LogP contribution in [0.2, 0.25) is 5.02 Å². The lowest BCUT2D eigenvalue weighted by Gasteiger charge is -2.19. The van der Waals surface area contributed by atoms with E-state index >= 15 is 0 Å². The summed E-state index contributed by atoms with van der Waals surface area (Å²) in [6.45, 7) is 7.32. The fourth-order valence-electron chi connectivity index (χ4n) is 2.14. The molecule has 1 unspecified atom stereocenters. The van der Waals surface area contributed by atoms with Crippen LogP contribution in [0.4, 0.5) is 19.0 Å². The second kappa shape index (κ2) is 8.85. The predicted molar refractivity (Wildman–Crippen MR) is 97.7 cm³/mol. The molecule has 0 aliphatic carbocycles. The molecule has 27 heavy (non-hydrogen) atoms. The van der Waals surface area contributed by atoms with E-state index < -0.39 is 17.8 Å². The Bertz CT molecular complexity index is 822. The van der Waals surface area contributed by atoms with Gasteiger partial charge in [0.25, 0.3) is 0 Å². The first-order valence-electron chi connectivity index (χ1n) is 8.05. The zero-order valence-corrected chi connectivity index (χ0v) is 15.5. The van der Waals surface area contributed by atoms with Crippen LogP contribution in [0.25, 0.3) is 0 Å². The fraction of sp³-hybridized carbons (Fsp3) is 0.278. The predicted octanol–water partition coefficient (Wildman–Crippen LogP) is 5.06. The van der Waals surface area contributed by atoms with Gasteiger partial charge in [0.05, 0.1) is 17.3 Å². The number of ether oxygens (including phenoxy) is 1. The minimum atomic E-state index is -4.46. The van der Waals surface area contributed by atoms with Crippen molar-refractivity contribution in [1.29, 1.82) is 0 Å². The molecule has 0 saturated heterocycles. The molecule has 0 bridgehead atoms. The Labute approximate surface area is 160 Å². The monoisotopic (exact) mass is 398 g/mol. The van der Waals surface area contributed by atoms with Crippen molar-refractivity contribution >= 4 is 17.4 Å². The van der Waals surface area contributed by atoms with Crippen LogP contribution in [0.5, 0.6) is 5.88 Å². The average molecular weight is 399 g/mol. The summed E-state index contributed by atoms with van der Waals surface area (Å²) in [5.74, 6) is 0.827. The molecule has 0 aliphatic heterocycles. The number of hydrogen-bond donors (Lipinski definition) is 1. The molecule has 0 aliphatic rings. The number of allylic oxidation sites excluding steroid dienone is 2. The van der Waals surface area contributed by atoms with Crippen LogP contribution in [-0.4, -0.2) is 21.0 Å². The van der Waals surface area contributed by atoms with Crippen molar-refractivity contribution in [1.82, 2.24) is 15.0 Å². The molecule has 5 nitrogen and oxygen atoms in total. The van der Waals surface area contributed by atoms with Crippen molar-refractivity contribution in [2.24, 2.45) is 0 Å². The highest BCUT2D eigenvalue weighted by atomic mass is 35.5. The Morgan fingerprint density at radius 2 is 2.07 bits per heavy atom. The second-order valence-electron chi connectivity index (χ2n) is 5.49. The summed E-state index contributed by atoms with van der Waals surface area (Å²) >= 11 is 6.27. The van der Waals surface area contributed by atoms with Crippen LogP contribution >= 0.6 is 11.6 Å². The fourth-order valence-corrected chi connectivity index (χ4v) is 2.43. The van der Waals surface area contributed by atoms with Gasteiger partial charge in [0.15, 0.2) is 0 Å². The maximum absolute atomic E-state index is 12.6. The Hall–Kier alpha value is -2.61. The number of pyridine rings is 1. The van der Waals surface area contributed by atoms with E-state index in [1.54, 1.807) is 13.0 Å². The molecular formula is C18H18ClF3N4O. The molecule has 144 valence electrons. The Kier molecular flexibility index (Phi) is 6.79. The molecule has 1 N–H and O–H groups in total. The molecule has 0 fully saturated rings. The van der Waals surface area contributed by atoms with Crippen LogP contribution in [0, 0.1) is 0 Å². The standard InChI is InChI=1S/C18H18ClF3N4O/c1-4-6-14(27-15-8-7-12(9-23-15)18(20,21)22)11(3)26-17-16(19)13(5-2)24-10-25-17/h4,6-11H,1,5H2,2-3H3,(H,24,25,26)/b14-6+. The van der Waals surface area contributed by atoms with Crippen LogP contribution in [0.1, 0.15) is 25.1 Å². The van der Waals surface area contributed by atoms with Gasteiger partial charge in [0, 0.05) is 12.3 Å². The molecule has 2 aromatic heterocycles. The highest BCUT2D eigenvalue weighted by Gasteiger charge is 2.30. The first-order valence-corrected chi connectivity index (χ1v) is 8.43. The average Bonchev–Trinajstić information content (AvgIpc) is 2.62. The number of anilines is 1. The van der Waals surface area contributed by atoms with Crippen molar-refractivity contribution in [2.45, 2.75) is 32.5 Å². The molecular weight excluding hydrogens is 381 g/mol. The molecule has 0 amide bonds. The Morgan fingerprint density at radius 3 is 2.63 bits per heavy atom. The zero-order valence-electron chi connectivity index (χ0n) is 14.7. The third-order valence-electron chi connectivity index (χ3n) is 3.54. The first kappa shape index (κ1) is 20.7. The maximum atomic E-state index is 12.6. The normalized spacial score (nSPS) is 13.2. The van der Waals surface area contributed by atoms with Crippen molar-refractivity contribution in [3.63, 3.8) is 0 Å². The summed E-state index contributed by atoms with van der Waals surface area (Å²) in [4.78, 5) is 11.9. The van der Waals surface area contributed by atoms with E-state index in [1.165, 1.54) is 12.4 Å². The highest BCUT2D eigenvalue weighted by Crippen LogP contribution is 2.30. The van der Waals surface area contributed by atoms with Crippen molar-refractivity contribution < 1.29 is 17.9 Å². The molecule has 0 spiro atoms. The number of rotatable bonds is 7. The summed E-state index contributed by atoms with van der Waals surface area (Å²) in [6.07, 6.45) is 1.37. The van der Waals surface area contributed by atoms with Crippen molar-refractivity contribution in [3.8, 4) is 5.88 Å². The smallest absolute Gasteiger partial charge is 0.417 e. The lowest BCUT2D eigenvalue weighted by Crippen LogP contribution is -2.23. The Balaban J connectivity index is 2.17. The van der Waals surface area contributed by atoms with Crippen LogP contribution < -0.4 is 10.1 Å². The summed E-state index contributed by atoms with van der Waals surface area (Å²) < 4.78 is 43.5. The van der Waals surface area contributed by atoms with Gasteiger partial charge >= 0.3 is 6.18 Å². The topological polar surface area (TPSA) is 59.9 Å². The summed E-state index contributed by atoms with van der Waals surface area (Å²) in [7, 11) is 0. The van der Waals surface area contributed by atoms with Gasteiger partial charge < -0.3 is 10.1 Å². The molecule has 9 heteroatoms. The first-order chi connectivity index (χ1) is 12.8. The summed E-state index contributed by atoms with van der Waals surface area (Å²) in [5, 5.41) is 3.49. The van der Waals surface area contributed by atoms with Gasteiger partial charge in [-0.05, 0) is 25.5 Å². The number of aromatic nitrogens is 3. The number of alkyl halides is 3. The Morgan fingerprint density at radius 1 is 1.33 bits per heavy atom. The minimum absolute atomic E-state index is 0.0211. The summed E-state index contributed by atoms with van der Waals surface area (Å²) in [5.41, 5.74) is -0.156. The van der Waals surface area contributed by atoms with E-state index in [-0.39, 0.29) is 5.88 Å².